The molecule has 1 saturated heterocycles. The van der Waals surface area contributed by atoms with Crippen molar-refractivity contribution in [3.63, 3.8) is 0 Å². The fourth-order valence-electron chi connectivity index (χ4n) is 3.25. The van der Waals surface area contributed by atoms with E-state index >= 15 is 0 Å². The summed E-state index contributed by atoms with van der Waals surface area (Å²) in [5.41, 5.74) is 0.804. The predicted octanol–water partition coefficient (Wildman–Crippen LogP) is 2.12. The van der Waals surface area contributed by atoms with Gasteiger partial charge in [0.05, 0.1) is 6.20 Å². The van der Waals surface area contributed by atoms with Crippen LogP contribution in [0, 0.1) is 0 Å². The highest BCUT2D eigenvalue weighted by atomic mass is 16.5. The van der Waals surface area contributed by atoms with Crippen molar-refractivity contribution in [2.75, 3.05) is 13.1 Å². The van der Waals surface area contributed by atoms with Gasteiger partial charge in [-0.2, -0.15) is 4.98 Å². The van der Waals surface area contributed by atoms with E-state index in [0.717, 1.165) is 18.4 Å². The average Bonchev–Trinajstić information content (AvgIpc) is 3.20. The van der Waals surface area contributed by atoms with E-state index in [4.69, 9.17) is 4.52 Å². The van der Waals surface area contributed by atoms with Crippen LogP contribution < -0.4 is 0 Å². The van der Waals surface area contributed by atoms with Crippen molar-refractivity contribution >= 4 is 5.91 Å². The Hall–Kier alpha value is -3.16. The first kappa shape index (κ1) is 16.3. The molecule has 1 aliphatic heterocycles. The molecule has 0 aliphatic carbocycles. The highest BCUT2D eigenvalue weighted by molar-refractivity contribution is 5.92. The number of rotatable bonds is 3. The van der Waals surface area contributed by atoms with E-state index in [2.05, 4.69) is 32.0 Å². The molecule has 0 radical (unpaired) electrons. The first-order chi connectivity index (χ1) is 12.7. The van der Waals surface area contributed by atoms with Crippen LogP contribution in [0.1, 0.15) is 36.1 Å². The molecule has 26 heavy (non-hydrogen) atoms. The van der Waals surface area contributed by atoms with Crippen molar-refractivity contribution in [3.05, 3.63) is 54.6 Å². The summed E-state index contributed by atoms with van der Waals surface area (Å²) in [5.74, 6) is 0.948. The molecular formula is C18H18N6O2. The van der Waals surface area contributed by atoms with Gasteiger partial charge in [0.25, 0.3) is 11.8 Å². The van der Waals surface area contributed by atoms with Crippen LogP contribution in [0.25, 0.3) is 11.5 Å². The second kappa shape index (κ2) is 6.62. The van der Waals surface area contributed by atoms with Gasteiger partial charge in [-0.15, -0.1) is 0 Å². The average molecular weight is 350 g/mol. The van der Waals surface area contributed by atoms with Gasteiger partial charge >= 0.3 is 0 Å². The largest absolute Gasteiger partial charge is 0.336 e. The fraction of sp³-hybridized carbons (Fsp3) is 0.333. The van der Waals surface area contributed by atoms with Gasteiger partial charge in [-0.05, 0) is 25.0 Å². The number of carbonyl (C=O) groups is 1. The van der Waals surface area contributed by atoms with Gasteiger partial charge in [0, 0.05) is 48.9 Å². The van der Waals surface area contributed by atoms with Crippen molar-refractivity contribution < 1.29 is 9.32 Å². The third-order valence-corrected chi connectivity index (χ3v) is 4.66. The monoisotopic (exact) mass is 350 g/mol. The van der Waals surface area contributed by atoms with Gasteiger partial charge in [-0.25, -0.2) is 4.98 Å². The summed E-state index contributed by atoms with van der Waals surface area (Å²) >= 11 is 0. The quantitative estimate of drug-likeness (QED) is 0.713. The summed E-state index contributed by atoms with van der Waals surface area (Å²) in [6, 6.07) is 3.65. The molecule has 3 aromatic heterocycles. The Morgan fingerprint density at radius 2 is 2.04 bits per heavy atom. The zero-order valence-electron chi connectivity index (χ0n) is 14.4. The first-order valence-electron chi connectivity index (χ1n) is 8.46. The number of carbonyl (C=O) groups excluding carboxylic acids is 1. The number of hydrogen-bond acceptors (Lipinski definition) is 7. The van der Waals surface area contributed by atoms with Crippen LogP contribution in [-0.2, 0) is 5.41 Å². The van der Waals surface area contributed by atoms with Crippen molar-refractivity contribution in [2.45, 2.75) is 25.2 Å². The number of pyridine rings is 1. The molecule has 1 unspecified atom stereocenters. The third-order valence-electron chi connectivity index (χ3n) is 4.66. The Labute approximate surface area is 150 Å². The Morgan fingerprint density at radius 1 is 1.19 bits per heavy atom. The number of hydrogen-bond donors (Lipinski definition) is 0. The second-order valence-electron chi connectivity index (χ2n) is 6.64. The van der Waals surface area contributed by atoms with E-state index in [1.165, 1.54) is 12.4 Å². The normalized spacial score (nSPS) is 20.1. The van der Waals surface area contributed by atoms with E-state index in [-0.39, 0.29) is 11.3 Å². The van der Waals surface area contributed by atoms with Gasteiger partial charge in [0.2, 0.25) is 0 Å². The van der Waals surface area contributed by atoms with Crippen LogP contribution in [0.4, 0.5) is 0 Å². The predicted molar refractivity (Wildman–Crippen MR) is 92.1 cm³/mol. The van der Waals surface area contributed by atoms with Crippen molar-refractivity contribution in [2.24, 2.45) is 0 Å². The summed E-state index contributed by atoms with van der Waals surface area (Å²) in [5, 5.41) is 4.18. The minimum absolute atomic E-state index is 0.123. The molecule has 132 valence electrons. The molecule has 1 aliphatic rings. The minimum Gasteiger partial charge on any atom is -0.336 e. The lowest BCUT2D eigenvalue weighted by atomic mass is 9.81. The van der Waals surface area contributed by atoms with E-state index in [1.807, 2.05) is 12.1 Å². The molecule has 1 atom stereocenters. The number of piperidine rings is 1. The summed E-state index contributed by atoms with van der Waals surface area (Å²) in [6.45, 7) is 3.25. The third kappa shape index (κ3) is 3.05. The van der Waals surface area contributed by atoms with Crippen LogP contribution in [0.3, 0.4) is 0 Å². The van der Waals surface area contributed by atoms with Crippen LogP contribution in [-0.4, -0.2) is 49.0 Å². The van der Waals surface area contributed by atoms with E-state index < -0.39 is 0 Å². The molecular weight excluding hydrogens is 332 g/mol. The van der Waals surface area contributed by atoms with Gasteiger partial charge in [0.15, 0.2) is 5.82 Å². The highest BCUT2D eigenvalue weighted by Gasteiger charge is 2.39. The lowest BCUT2D eigenvalue weighted by Crippen LogP contribution is -2.47. The summed E-state index contributed by atoms with van der Waals surface area (Å²) < 4.78 is 5.43. The Balaban J connectivity index is 1.56. The Morgan fingerprint density at radius 3 is 2.81 bits per heavy atom. The minimum atomic E-state index is -0.370. The van der Waals surface area contributed by atoms with Crippen molar-refractivity contribution in [1.82, 2.24) is 30.0 Å². The summed E-state index contributed by atoms with van der Waals surface area (Å²) in [4.78, 5) is 31.1. The molecule has 8 nitrogen and oxygen atoms in total. The van der Waals surface area contributed by atoms with Crippen LogP contribution >= 0.6 is 0 Å². The molecule has 1 fully saturated rings. The summed E-state index contributed by atoms with van der Waals surface area (Å²) in [7, 11) is 0. The number of aromatic nitrogens is 5. The standard InChI is InChI=1S/C18H18N6O2/c1-18(17-22-15(26-23-17)13-3-6-19-7-4-13)5-2-10-24(12-18)16(25)14-11-20-8-9-21-14/h3-4,6-9,11H,2,5,10,12H2,1H3. The van der Waals surface area contributed by atoms with E-state index in [0.29, 0.717) is 30.5 Å². The molecule has 3 aromatic rings. The van der Waals surface area contributed by atoms with Gasteiger partial charge in [-0.3, -0.25) is 14.8 Å². The fourth-order valence-corrected chi connectivity index (χ4v) is 3.25. The Bertz CT molecular complexity index is 898. The van der Waals surface area contributed by atoms with E-state index in [9.17, 15) is 4.79 Å². The number of amides is 1. The second-order valence-corrected chi connectivity index (χ2v) is 6.64. The van der Waals surface area contributed by atoms with Gasteiger partial charge < -0.3 is 9.42 Å². The maximum atomic E-state index is 12.7. The SMILES string of the molecule is CC1(c2noc(-c3ccncc3)n2)CCCN(C(=O)c2cnccn2)C1. The molecule has 8 heteroatoms. The molecule has 0 N–H and O–H groups in total. The van der Waals surface area contributed by atoms with Crippen LogP contribution in [0.15, 0.2) is 47.6 Å². The number of nitrogens with zero attached hydrogens (tertiary/aromatic N) is 6. The zero-order chi connectivity index (χ0) is 18.0. The number of likely N-dealkylation sites (tertiary alicyclic amines) is 1. The first-order valence-corrected chi connectivity index (χ1v) is 8.46. The van der Waals surface area contributed by atoms with Gasteiger partial charge in [-0.1, -0.05) is 12.1 Å². The molecule has 1 amide bonds. The molecule has 0 aromatic carbocycles. The van der Waals surface area contributed by atoms with Gasteiger partial charge in [0.1, 0.15) is 5.69 Å². The zero-order valence-corrected chi connectivity index (χ0v) is 14.4. The maximum absolute atomic E-state index is 12.7. The van der Waals surface area contributed by atoms with Crippen molar-refractivity contribution in [1.29, 1.82) is 0 Å². The molecule has 0 bridgehead atoms. The molecule has 0 saturated carbocycles. The lowest BCUT2D eigenvalue weighted by molar-refractivity contribution is 0.0635. The van der Waals surface area contributed by atoms with Crippen molar-refractivity contribution in [3.8, 4) is 11.5 Å². The maximum Gasteiger partial charge on any atom is 0.274 e. The molecule has 4 heterocycles. The van der Waals surface area contributed by atoms with Crippen LogP contribution in [0.5, 0.6) is 0 Å². The lowest BCUT2D eigenvalue weighted by Gasteiger charge is -2.38. The molecule has 0 spiro atoms. The summed E-state index contributed by atoms with van der Waals surface area (Å²) in [6.07, 6.45) is 9.68. The molecule has 4 rings (SSSR count). The van der Waals surface area contributed by atoms with Crippen LogP contribution in [0.2, 0.25) is 0 Å². The highest BCUT2D eigenvalue weighted by Crippen LogP contribution is 2.33. The Kier molecular flexibility index (Phi) is 4.16. The topological polar surface area (TPSA) is 97.9 Å². The smallest absolute Gasteiger partial charge is 0.274 e. The van der Waals surface area contributed by atoms with E-state index in [1.54, 1.807) is 23.5 Å².